The molecule has 0 aromatic heterocycles. The van der Waals surface area contributed by atoms with Gasteiger partial charge < -0.3 is 10.2 Å². The molecule has 2 aromatic carbocycles. The number of urea groups is 1. The molecule has 2 aliphatic heterocycles. The van der Waals surface area contributed by atoms with E-state index in [9.17, 15) is 14.4 Å². The number of hydrogen-bond acceptors (Lipinski definition) is 3. The molecule has 2 aromatic rings. The quantitative estimate of drug-likeness (QED) is 0.789. The summed E-state index contributed by atoms with van der Waals surface area (Å²) >= 11 is 6.27. The van der Waals surface area contributed by atoms with E-state index in [1.807, 2.05) is 18.2 Å². The third kappa shape index (κ3) is 3.17. The maximum Gasteiger partial charge on any atom is 0.326 e. The van der Waals surface area contributed by atoms with Gasteiger partial charge in [0.05, 0.1) is 0 Å². The van der Waals surface area contributed by atoms with Crippen LogP contribution in [0.25, 0.3) is 0 Å². The Hall–Kier alpha value is -2.86. The zero-order valence-electron chi connectivity index (χ0n) is 16.3. The monoisotopic (exact) mass is 411 g/mol. The maximum atomic E-state index is 13.2. The summed E-state index contributed by atoms with van der Waals surface area (Å²) in [6.45, 7) is 4.25. The van der Waals surface area contributed by atoms with Crippen LogP contribution in [0.3, 0.4) is 0 Å². The fourth-order valence-electron chi connectivity index (χ4n) is 4.12. The third-order valence-corrected chi connectivity index (χ3v) is 6.15. The number of amides is 4. The lowest BCUT2D eigenvalue weighted by atomic mass is 9.91. The average Bonchev–Trinajstić information content (AvgIpc) is 2.95. The van der Waals surface area contributed by atoms with Gasteiger partial charge in [0.1, 0.15) is 11.6 Å². The van der Waals surface area contributed by atoms with Crippen molar-refractivity contribution in [3.8, 4) is 0 Å². The highest BCUT2D eigenvalue weighted by atomic mass is 35.5. The SMILES string of the molecule is C[C@@H](C(=O)N1CCc2ccccc2C1)N1C(=O)N[C@](C)(c2ccccc2Cl)C1=O. The molecule has 1 N–H and O–H groups in total. The van der Waals surface area contributed by atoms with E-state index in [-0.39, 0.29) is 5.91 Å². The molecule has 0 aliphatic carbocycles. The molecule has 1 saturated heterocycles. The number of halogens is 1. The summed E-state index contributed by atoms with van der Waals surface area (Å²) in [5.74, 6) is -0.722. The van der Waals surface area contributed by atoms with E-state index >= 15 is 0 Å². The molecule has 6 nitrogen and oxygen atoms in total. The average molecular weight is 412 g/mol. The van der Waals surface area contributed by atoms with Crippen LogP contribution in [-0.4, -0.2) is 40.2 Å². The first-order valence-corrected chi connectivity index (χ1v) is 9.97. The third-order valence-electron chi connectivity index (χ3n) is 5.82. The summed E-state index contributed by atoms with van der Waals surface area (Å²) in [5, 5.41) is 3.11. The number of carbonyl (C=O) groups excluding carboxylic acids is 3. The summed E-state index contributed by atoms with van der Waals surface area (Å²) in [6, 6.07) is 13.4. The van der Waals surface area contributed by atoms with Crippen molar-refractivity contribution in [3.63, 3.8) is 0 Å². The second-order valence-electron chi connectivity index (χ2n) is 7.66. The van der Waals surface area contributed by atoms with Gasteiger partial charge in [-0.05, 0) is 37.5 Å². The molecular weight excluding hydrogens is 390 g/mol. The van der Waals surface area contributed by atoms with Gasteiger partial charge in [0.25, 0.3) is 5.91 Å². The summed E-state index contributed by atoms with van der Waals surface area (Å²) in [5.41, 5.74) is 1.52. The van der Waals surface area contributed by atoms with Gasteiger partial charge in [-0.3, -0.25) is 9.59 Å². The second kappa shape index (κ2) is 7.19. The molecule has 1 fully saturated rings. The van der Waals surface area contributed by atoms with E-state index in [1.54, 1.807) is 43.0 Å². The van der Waals surface area contributed by atoms with Gasteiger partial charge in [-0.2, -0.15) is 0 Å². The van der Waals surface area contributed by atoms with Crippen LogP contribution in [0.2, 0.25) is 5.02 Å². The molecule has 2 aliphatic rings. The summed E-state index contributed by atoms with van der Waals surface area (Å²) in [6.07, 6.45) is 0.756. The van der Waals surface area contributed by atoms with E-state index in [0.717, 1.165) is 16.9 Å². The van der Waals surface area contributed by atoms with E-state index in [0.29, 0.717) is 23.7 Å². The molecule has 0 radical (unpaired) electrons. The number of nitrogens with one attached hydrogen (secondary N) is 1. The molecule has 0 unspecified atom stereocenters. The Morgan fingerprint density at radius 1 is 1.10 bits per heavy atom. The van der Waals surface area contributed by atoms with Crippen LogP contribution in [-0.2, 0) is 28.1 Å². The highest BCUT2D eigenvalue weighted by Gasteiger charge is 2.52. The number of carbonyl (C=O) groups is 3. The molecule has 7 heteroatoms. The van der Waals surface area contributed by atoms with Crippen molar-refractivity contribution in [2.24, 2.45) is 0 Å². The standard InChI is InChI=1S/C22H22ClN3O3/c1-14(19(27)25-12-11-15-7-3-4-8-16(15)13-25)26-20(28)22(2,24-21(26)29)17-9-5-6-10-18(17)23/h3-10,14H,11-13H2,1-2H3,(H,24,29)/t14-,22+/m0/s1. The van der Waals surface area contributed by atoms with Crippen molar-refractivity contribution < 1.29 is 14.4 Å². The predicted molar refractivity (Wildman–Crippen MR) is 109 cm³/mol. The number of hydrogen-bond donors (Lipinski definition) is 1. The topological polar surface area (TPSA) is 69.7 Å². The van der Waals surface area contributed by atoms with E-state index < -0.39 is 23.5 Å². The molecule has 29 heavy (non-hydrogen) atoms. The van der Waals surface area contributed by atoms with Crippen molar-refractivity contribution in [2.75, 3.05) is 6.54 Å². The summed E-state index contributed by atoms with van der Waals surface area (Å²) in [7, 11) is 0. The Kier molecular flexibility index (Phi) is 4.82. The van der Waals surface area contributed by atoms with E-state index in [4.69, 9.17) is 11.6 Å². The lowest BCUT2D eigenvalue weighted by Crippen LogP contribution is -2.51. The van der Waals surface area contributed by atoms with Crippen LogP contribution >= 0.6 is 11.6 Å². The maximum absolute atomic E-state index is 13.2. The molecule has 2 heterocycles. The summed E-state index contributed by atoms with van der Waals surface area (Å²) in [4.78, 5) is 41.8. The lowest BCUT2D eigenvalue weighted by molar-refractivity contribution is -0.143. The van der Waals surface area contributed by atoms with E-state index in [2.05, 4.69) is 11.4 Å². The van der Waals surface area contributed by atoms with Gasteiger partial charge in [-0.1, -0.05) is 54.1 Å². The Bertz CT molecular complexity index is 1010. The van der Waals surface area contributed by atoms with Crippen molar-refractivity contribution in [1.82, 2.24) is 15.1 Å². The Morgan fingerprint density at radius 2 is 1.76 bits per heavy atom. The Balaban J connectivity index is 1.57. The van der Waals surface area contributed by atoms with Gasteiger partial charge >= 0.3 is 6.03 Å². The normalized spacial score (nSPS) is 22.3. The molecule has 0 spiro atoms. The van der Waals surface area contributed by atoms with Crippen LogP contribution in [0.4, 0.5) is 4.79 Å². The molecule has 0 bridgehead atoms. The minimum Gasteiger partial charge on any atom is -0.336 e. The van der Waals surface area contributed by atoms with Crippen LogP contribution in [0.5, 0.6) is 0 Å². The largest absolute Gasteiger partial charge is 0.336 e. The van der Waals surface area contributed by atoms with Crippen LogP contribution in [0, 0.1) is 0 Å². The van der Waals surface area contributed by atoms with E-state index in [1.165, 1.54) is 5.56 Å². The second-order valence-corrected chi connectivity index (χ2v) is 8.07. The van der Waals surface area contributed by atoms with Gasteiger partial charge in [-0.15, -0.1) is 0 Å². The molecule has 150 valence electrons. The molecular formula is C22H22ClN3O3. The molecule has 2 atom stereocenters. The predicted octanol–water partition coefficient (Wildman–Crippen LogP) is 3.08. The Labute approximate surface area is 174 Å². The van der Waals surface area contributed by atoms with Gasteiger partial charge in [-0.25, -0.2) is 9.69 Å². The highest BCUT2D eigenvalue weighted by Crippen LogP contribution is 2.34. The first kappa shape index (κ1) is 19.5. The number of rotatable bonds is 3. The van der Waals surface area contributed by atoms with Gasteiger partial charge in [0.2, 0.25) is 5.91 Å². The van der Waals surface area contributed by atoms with Gasteiger partial charge in [0.15, 0.2) is 0 Å². The minimum atomic E-state index is -1.31. The number of imide groups is 1. The van der Waals surface area contributed by atoms with Gasteiger partial charge in [0, 0.05) is 23.7 Å². The fraction of sp³-hybridized carbons (Fsp3) is 0.318. The van der Waals surface area contributed by atoms with Crippen molar-refractivity contribution >= 4 is 29.4 Å². The van der Waals surface area contributed by atoms with Crippen LogP contribution in [0.1, 0.15) is 30.5 Å². The molecule has 0 saturated carbocycles. The van der Waals surface area contributed by atoms with Crippen LogP contribution < -0.4 is 5.32 Å². The lowest BCUT2D eigenvalue weighted by Gasteiger charge is -2.33. The Morgan fingerprint density at radius 3 is 2.48 bits per heavy atom. The minimum absolute atomic E-state index is 0.244. The zero-order chi connectivity index (χ0) is 20.8. The van der Waals surface area contributed by atoms with Crippen molar-refractivity contribution in [3.05, 3.63) is 70.2 Å². The summed E-state index contributed by atoms with van der Waals surface area (Å²) < 4.78 is 0. The number of nitrogens with zero attached hydrogens (tertiary/aromatic N) is 2. The fourth-order valence-corrected chi connectivity index (χ4v) is 4.44. The first-order chi connectivity index (χ1) is 13.8. The molecule has 4 amide bonds. The first-order valence-electron chi connectivity index (χ1n) is 9.59. The van der Waals surface area contributed by atoms with Crippen molar-refractivity contribution in [2.45, 2.75) is 38.4 Å². The number of fused-ring (bicyclic) bond motifs is 1. The zero-order valence-corrected chi connectivity index (χ0v) is 17.1. The molecule has 4 rings (SSSR count). The smallest absolute Gasteiger partial charge is 0.326 e. The van der Waals surface area contributed by atoms with Crippen LogP contribution in [0.15, 0.2) is 48.5 Å². The van der Waals surface area contributed by atoms with Crippen molar-refractivity contribution in [1.29, 1.82) is 0 Å². The number of benzene rings is 2. The highest BCUT2D eigenvalue weighted by molar-refractivity contribution is 6.32.